The van der Waals surface area contributed by atoms with E-state index in [9.17, 15) is 0 Å². The topological polar surface area (TPSA) is 36.9 Å². The SMILES string of the molecule is CC1CCOO[Si](C)(C)OOC1(C)C. The third-order valence-corrected chi connectivity index (χ3v) is 3.54. The summed E-state index contributed by atoms with van der Waals surface area (Å²) in [5.74, 6) is 0.369. The molecular weight excluding hydrogens is 200 g/mol. The third-order valence-electron chi connectivity index (χ3n) is 2.54. The molecule has 0 saturated carbocycles. The molecule has 0 bridgehead atoms. The second-order valence-electron chi connectivity index (χ2n) is 4.76. The Bertz CT molecular complexity index is 193. The molecule has 0 aromatic rings. The highest BCUT2D eigenvalue weighted by atomic mass is 28.4. The minimum atomic E-state index is -2.27. The van der Waals surface area contributed by atoms with Crippen LogP contribution in [0.4, 0.5) is 0 Å². The Morgan fingerprint density at radius 2 is 1.86 bits per heavy atom. The zero-order valence-corrected chi connectivity index (χ0v) is 10.6. The van der Waals surface area contributed by atoms with Gasteiger partial charge in [0.1, 0.15) is 0 Å². The lowest BCUT2D eigenvalue weighted by molar-refractivity contribution is -0.327. The maximum Gasteiger partial charge on any atom is 0.403 e. The first kappa shape index (κ1) is 12.1. The Labute approximate surface area is 86.6 Å². The van der Waals surface area contributed by atoms with Gasteiger partial charge in [0.2, 0.25) is 0 Å². The van der Waals surface area contributed by atoms with Gasteiger partial charge in [-0.15, -0.1) is 0 Å². The zero-order chi connectivity index (χ0) is 10.8. The van der Waals surface area contributed by atoms with Crippen molar-refractivity contribution in [2.45, 2.75) is 45.9 Å². The van der Waals surface area contributed by atoms with Crippen molar-refractivity contribution in [3.63, 3.8) is 0 Å². The predicted octanol–water partition coefficient (Wildman–Crippen LogP) is 2.40. The molecule has 1 rings (SSSR count). The van der Waals surface area contributed by atoms with Gasteiger partial charge in [-0.3, -0.25) is 0 Å². The van der Waals surface area contributed by atoms with Crippen molar-refractivity contribution in [2.75, 3.05) is 6.61 Å². The van der Waals surface area contributed by atoms with Crippen molar-refractivity contribution in [1.29, 1.82) is 0 Å². The van der Waals surface area contributed by atoms with Gasteiger partial charge in [-0.05, 0) is 39.3 Å². The molecule has 14 heavy (non-hydrogen) atoms. The Morgan fingerprint density at radius 3 is 2.50 bits per heavy atom. The molecule has 0 amide bonds. The first-order chi connectivity index (χ1) is 6.33. The summed E-state index contributed by atoms with van der Waals surface area (Å²) in [7, 11) is -2.27. The van der Waals surface area contributed by atoms with E-state index in [1.54, 1.807) is 0 Å². The minimum absolute atomic E-state index is 0.290. The van der Waals surface area contributed by atoms with Crippen LogP contribution >= 0.6 is 0 Å². The van der Waals surface area contributed by atoms with E-state index in [1.807, 2.05) is 26.9 Å². The summed E-state index contributed by atoms with van der Waals surface area (Å²) >= 11 is 0. The van der Waals surface area contributed by atoms with E-state index in [-0.39, 0.29) is 5.60 Å². The molecule has 0 N–H and O–H groups in total. The lowest BCUT2D eigenvalue weighted by Gasteiger charge is -2.31. The van der Waals surface area contributed by atoms with Crippen LogP contribution in [0, 0.1) is 5.92 Å². The van der Waals surface area contributed by atoms with Crippen molar-refractivity contribution in [3.8, 4) is 0 Å². The van der Waals surface area contributed by atoms with Crippen LogP contribution in [-0.2, 0) is 18.9 Å². The van der Waals surface area contributed by atoms with Crippen molar-refractivity contribution >= 4 is 8.56 Å². The molecule has 1 atom stereocenters. The van der Waals surface area contributed by atoms with Gasteiger partial charge in [0.15, 0.2) is 0 Å². The van der Waals surface area contributed by atoms with Gasteiger partial charge in [-0.1, -0.05) is 6.92 Å². The van der Waals surface area contributed by atoms with E-state index in [0.29, 0.717) is 12.5 Å². The van der Waals surface area contributed by atoms with Crippen molar-refractivity contribution in [2.24, 2.45) is 5.92 Å². The van der Waals surface area contributed by atoms with E-state index in [4.69, 9.17) is 18.9 Å². The number of hydrogen-bond acceptors (Lipinski definition) is 4. The fourth-order valence-electron chi connectivity index (χ4n) is 1.06. The average Bonchev–Trinajstić information content (AvgIpc) is 2.11. The zero-order valence-electron chi connectivity index (χ0n) is 9.62. The molecule has 0 aromatic heterocycles. The van der Waals surface area contributed by atoms with Crippen LogP contribution in [-0.4, -0.2) is 20.8 Å². The summed E-state index contributed by atoms with van der Waals surface area (Å²) in [5, 5.41) is 0. The van der Waals surface area contributed by atoms with Gasteiger partial charge in [-0.25, -0.2) is 18.9 Å². The summed E-state index contributed by atoms with van der Waals surface area (Å²) in [5.41, 5.74) is -0.290. The molecule has 4 nitrogen and oxygen atoms in total. The van der Waals surface area contributed by atoms with Gasteiger partial charge in [0.05, 0.1) is 12.2 Å². The van der Waals surface area contributed by atoms with Crippen LogP contribution in [0.3, 0.4) is 0 Å². The van der Waals surface area contributed by atoms with Crippen LogP contribution in [0.1, 0.15) is 27.2 Å². The maximum absolute atomic E-state index is 5.43. The predicted molar refractivity (Wildman–Crippen MR) is 54.5 cm³/mol. The molecule has 0 spiro atoms. The monoisotopic (exact) mass is 220 g/mol. The lowest BCUT2D eigenvalue weighted by Crippen LogP contribution is -2.40. The van der Waals surface area contributed by atoms with Crippen LogP contribution in [0.2, 0.25) is 13.1 Å². The van der Waals surface area contributed by atoms with Crippen molar-refractivity contribution < 1.29 is 18.9 Å². The molecule has 5 heteroatoms. The number of hydrogen-bond donors (Lipinski definition) is 0. The number of rotatable bonds is 0. The molecule has 0 aliphatic carbocycles. The van der Waals surface area contributed by atoms with Crippen molar-refractivity contribution in [1.82, 2.24) is 0 Å². The summed E-state index contributed by atoms with van der Waals surface area (Å²) in [6, 6.07) is 0. The normalized spacial score (nSPS) is 32.8. The molecule has 1 aliphatic heterocycles. The van der Waals surface area contributed by atoms with Gasteiger partial charge in [0, 0.05) is 0 Å². The Hall–Kier alpha value is 0.0569. The second-order valence-corrected chi connectivity index (χ2v) is 7.90. The van der Waals surface area contributed by atoms with E-state index in [0.717, 1.165) is 6.42 Å². The Balaban J connectivity index is 2.65. The highest BCUT2D eigenvalue weighted by Crippen LogP contribution is 2.27. The smallest absolute Gasteiger partial charge is 0.249 e. The fraction of sp³-hybridized carbons (Fsp3) is 1.00. The Kier molecular flexibility index (Phi) is 3.71. The fourth-order valence-corrected chi connectivity index (χ4v) is 1.87. The maximum atomic E-state index is 5.43. The van der Waals surface area contributed by atoms with Crippen LogP contribution in [0.5, 0.6) is 0 Å². The standard InChI is InChI=1S/C9H20O4Si/c1-8-6-7-10-12-14(4,5)13-11-9(8,2)3/h8H,6-7H2,1-5H3. The van der Waals surface area contributed by atoms with Crippen molar-refractivity contribution in [3.05, 3.63) is 0 Å². The van der Waals surface area contributed by atoms with E-state index in [1.165, 1.54) is 0 Å². The van der Waals surface area contributed by atoms with E-state index in [2.05, 4.69) is 6.92 Å². The Morgan fingerprint density at radius 1 is 1.21 bits per heavy atom. The van der Waals surface area contributed by atoms with Gasteiger partial charge < -0.3 is 0 Å². The summed E-state index contributed by atoms with van der Waals surface area (Å²) < 4.78 is 10.5. The molecule has 0 aromatic carbocycles. The average molecular weight is 220 g/mol. The van der Waals surface area contributed by atoms with Gasteiger partial charge in [-0.2, -0.15) is 0 Å². The molecule has 0 radical (unpaired) electrons. The van der Waals surface area contributed by atoms with Gasteiger partial charge >= 0.3 is 8.56 Å². The van der Waals surface area contributed by atoms with Crippen LogP contribution < -0.4 is 0 Å². The first-order valence-corrected chi connectivity index (χ1v) is 7.83. The quantitative estimate of drug-likeness (QED) is 0.464. The van der Waals surface area contributed by atoms with Gasteiger partial charge in [0.25, 0.3) is 0 Å². The molecule has 1 heterocycles. The molecular formula is C9H20O4Si. The summed E-state index contributed by atoms with van der Waals surface area (Å²) in [6.45, 7) is 10.5. The molecule has 1 saturated heterocycles. The lowest BCUT2D eigenvalue weighted by atomic mass is 9.90. The largest absolute Gasteiger partial charge is 0.403 e. The van der Waals surface area contributed by atoms with E-state index < -0.39 is 8.56 Å². The molecule has 84 valence electrons. The van der Waals surface area contributed by atoms with Crippen LogP contribution in [0.25, 0.3) is 0 Å². The van der Waals surface area contributed by atoms with E-state index >= 15 is 0 Å². The molecule has 1 unspecified atom stereocenters. The molecule has 1 aliphatic rings. The first-order valence-electron chi connectivity index (χ1n) is 5.01. The summed E-state index contributed by atoms with van der Waals surface area (Å²) in [4.78, 5) is 10.5. The second kappa shape index (κ2) is 4.28. The minimum Gasteiger partial charge on any atom is -0.249 e. The van der Waals surface area contributed by atoms with Crippen LogP contribution in [0.15, 0.2) is 0 Å². The highest BCUT2D eigenvalue weighted by Gasteiger charge is 2.36. The summed E-state index contributed by atoms with van der Waals surface area (Å²) in [6.07, 6.45) is 0.904. The highest BCUT2D eigenvalue weighted by molar-refractivity contribution is 6.64. The molecule has 1 fully saturated rings. The third kappa shape index (κ3) is 3.32.